The molecule has 0 aliphatic rings. The molecule has 4 nitrogen and oxygen atoms in total. The zero-order valence-electron chi connectivity index (χ0n) is 11.0. The first-order valence-corrected chi connectivity index (χ1v) is 6.90. The van der Waals surface area contributed by atoms with Gasteiger partial charge in [0.1, 0.15) is 0 Å². The minimum Gasteiger partial charge on any atom is -0.393 e. The molecule has 2 heterocycles. The van der Waals surface area contributed by atoms with Crippen LogP contribution in [0.2, 0.25) is 10.0 Å². The molecule has 0 aliphatic carbocycles. The fourth-order valence-corrected chi connectivity index (χ4v) is 2.44. The molecule has 0 saturated heterocycles. The summed E-state index contributed by atoms with van der Waals surface area (Å²) in [5, 5.41) is 10.4. The lowest BCUT2D eigenvalue weighted by molar-refractivity contribution is 0.162. The summed E-state index contributed by atoms with van der Waals surface area (Å²) in [4.78, 5) is 6.60. The lowest BCUT2D eigenvalue weighted by Gasteiger charge is -2.15. The largest absolute Gasteiger partial charge is 0.393 e. The second-order valence-electron chi connectivity index (χ2n) is 4.84. The van der Waals surface area contributed by atoms with Crippen LogP contribution in [0, 0.1) is 0 Å². The maximum atomic E-state index is 9.27. The van der Waals surface area contributed by atoms with Crippen molar-refractivity contribution in [3.63, 3.8) is 0 Å². The molecule has 6 heteroatoms. The van der Waals surface area contributed by atoms with Gasteiger partial charge in [-0.15, -0.1) is 0 Å². The Kier molecular flexibility index (Phi) is 4.68. The number of aliphatic hydroxyl groups is 1. The molecular weight excluding hydrogens is 285 g/mol. The van der Waals surface area contributed by atoms with E-state index in [-0.39, 0.29) is 6.10 Å². The SMILES string of the molecule is CC(O)CCN(C)Cc1cn2cc(Cl)cc(Cl)c2n1. The van der Waals surface area contributed by atoms with Crippen LogP contribution in [0.1, 0.15) is 19.0 Å². The van der Waals surface area contributed by atoms with E-state index in [4.69, 9.17) is 23.2 Å². The number of hydrogen-bond acceptors (Lipinski definition) is 3. The highest BCUT2D eigenvalue weighted by molar-refractivity contribution is 6.36. The topological polar surface area (TPSA) is 40.8 Å². The predicted octanol–water partition coefficient (Wildman–Crippen LogP) is 2.84. The van der Waals surface area contributed by atoms with Crippen molar-refractivity contribution in [2.75, 3.05) is 13.6 Å². The number of nitrogens with zero attached hydrogens (tertiary/aromatic N) is 3. The fourth-order valence-electron chi connectivity index (χ4n) is 1.91. The number of fused-ring (bicyclic) bond motifs is 1. The van der Waals surface area contributed by atoms with E-state index in [2.05, 4.69) is 9.88 Å². The lowest BCUT2D eigenvalue weighted by Crippen LogP contribution is -2.22. The van der Waals surface area contributed by atoms with Gasteiger partial charge in [0.15, 0.2) is 5.65 Å². The number of aliphatic hydroxyl groups excluding tert-OH is 1. The maximum Gasteiger partial charge on any atom is 0.156 e. The van der Waals surface area contributed by atoms with Crippen LogP contribution in [-0.4, -0.2) is 39.1 Å². The molecule has 0 amide bonds. The molecule has 0 aromatic carbocycles. The molecule has 2 aromatic rings. The standard InChI is InChI=1S/C13H17Cl2N3O/c1-9(19)3-4-17(2)7-11-8-18-6-10(14)5-12(15)13(18)16-11/h5-6,8-9,19H,3-4,7H2,1-2H3. The van der Waals surface area contributed by atoms with Gasteiger partial charge in [0.2, 0.25) is 0 Å². The van der Waals surface area contributed by atoms with E-state index in [9.17, 15) is 5.11 Å². The Bertz CT molecular complexity index is 568. The Labute approximate surface area is 122 Å². The molecule has 1 N–H and O–H groups in total. The zero-order valence-corrected chi connectivity index (χ0v) is 12.5. The summed E-state index contributed by atoms with van der Waals surface area (Å²) >= 11 is 12.1. The van der Waals surface area contributed by atoms with Crippen LogP contribution in [0.15, 0.2) is 18.5 Å². The molecule has 0 aliphatic heterocycles. The molecule has 0 spiro atoms. The molecule has 104 valence electrons. The van der Waals surface area contributed by atoms with Gasteiger partial charge in [-0.05, 0) is 26.5 Å². The number of halogens is 2. The second kappa shape index (κ2) is 6.09. The van der Waals surface area contributed by atoms with Crippen molar-refractivity contribution in [2.24, 2.45) is 0 Å². The Morgan fingerprint density at radius 3 is 2.84 bits per heavy atom. The molecule has 19 heavy (non-hydrogen) atoms. The van der Waals surface area contributed by atoms with Crippen LogP contribution in [0.3, 0.4) is 0 Å². The van der Waals surface area contributed by atoms with Gasteiger partial charge in [-0.2, -0.15) is 0 Å². The van der Waals surface area contributed by atoms with Gasteiger partial charge >= 0.3 is 0 Å². The minimum absolute atomic E-state index is 0.281. The monoisotopic (exact) mass is 301 g/mol. The smallest absolute Gasteiger partial charge is 0.156 e. The molecule has 1 unspecified atom stereocenters. The van der Waals surface area contributed by atoms with E-state index in [1.54, 1.807) is 19.2 Å². The first kappa shape index (κ1) is 14.6. The van der Waals surface area contributed by atoms with Crippen LogP contribution in [0.5, 0.6) is 0 Å². The highest BCUT2D eigenvalue weighted by atomic mass is 35.5. The van der Waals surface area contributed by atoms with E-state index in [1.807, 2.05) is 17.6 Å². The Morgan fingerprint density at radius 1 is 1.42 bits per heavy atom. The van der Waals surface area contributed by atoms with Crippen molar-refractivity contribution >= 4 is 28.8 Å². The van der Waals surface area contributed by atoms with E-state index in [1.165, 1.54) is 0 Å². The van der Waals surface area contributed by atoms with Crippen molar-refractivity contribution in [2.45, 2.75) is 26.0 Å². The first-order chi connectivity index (χ1) is 8.95. The third kappa shape index (κ3) is 3.83. The van der Waals surface area contributed by atoms with Crippen molar-refractivity contribution in [1.29, 1.82) is 0 Å². The number of imidazole rings is 1. The van der Waals surface area contributed by atoms with Gasteiger partial charge in [-0.3, -0.25) is 0 Å². The van der Waals surface area contributed by atoms with Crippen LogP contribution >= 0.6 is 23.2 Å². The molecule has 2 aromatic heterocycles. The van der Waals surface area contributed by atoms with Gasteiger partial charge in [0.05, 0.1) is 21.8 Å². The number of hydrogen-bond donors (Lipinski definition) is 1. The van der Waals surface area contributed by atoms with Crippen molar-refractivity contribution in [3.8, 4) is 0 Å². The average molecular weight is 302 g/mol. The van der Waals surface area contributed by atoms with E-state index in [0.29, 0.717) is 22.2 Å². The number of rotatable bonds is 5. The molecule has 0 bridgehead atoms. The van der Waals surface area contributed by atoms with E-state index >= 15 is 0 Å². The molecule has 0 fully saturated rings. The summed E-state index contributed by atoms with van der Waals surface area (Å²) in [5.74, 6) is 0. The van der Waals surface area contributed by atoms with E-state index < -0.39 is 0 Å². The van der Waals surface area contributed by atoms with Crippen LogP contribution in [0.4, 0.5) is 0 Å². The highest BCUT2D eigenvalue weighted by Crippen LogP contribution is 2.22. The minimum atomic E-state index is -0.281. The van der Waals surface area contributed by atoms with Gasteiger partial charge in [0.25, 0.3) is 0 Å². The van der Waals surface area contributed by atoms with Gasteiger partial charge in [0, 0.05) is 25.5 Å². The zero-order chi connectivity index (χ0) is 14.0. The molecule has 0 radical (unpaired) electrons. The van der Waals surface area contributed by atoms with E-state index in [0.717, 1.165) is 18.7 Å². The third-order valence-electron chi connectivity index (χ3n) is 2.88. The number of aromatic nitrogens is 2. The summed E-state index contributed by atoms with van der Waals surface area (Å²) in [6, 6.07) is 1.69. The Morgan fingerprint density at radius 2 is 2.16 bits per heavy atom. The van der Waals surface area contributed by atoms with Crippen molar-refractivity contribution in [1.82, 2.24) is 14.3 Å². The molecular formula is C13H17Cl2N3O. The van der Waals surface area contributed by atoms with Crippen molar-refractivity contribution < 1.29 is 5.11 Å². The first-order valence-electron chi connectivity index (χ1n) is 6.15. The maximum absolute atomic E-state index is 9.27. The van der Waals surface area contributed by atoms with Gasteiger partial charge in [-0.1, -0.05) is 23.2 Å². The Hall–Kier alpha value is -0.810. The summed E-state index contributed by atoms with van der Waals surface area (Å²) in [7, 11) is 2.00. The molecule has 2 rings (SSSR count). The number of pyridine rings is 1. The van der Waals surface area contributed by atoms with Crippen molar-refractivity contribution in [3.05, 3.63) is 34.2 Å². The fraction of sp³-hybridized carbons (Fsp3) is 0.462. The quantitative estimate of drug-likeness (QED) is 0.923. The third-order valence-corrected chi connectivity index (χ3v) is 3.37. The average Bonchev–Trinajstić information content (AvgIpc) is 2.69. The summed E-state index contributed by atoms with van der Waals surface area (Å²) < 4.78 is 1.84. The molecule has 1 atom stereocenters. The summed E-state index contributed by atoms with van der Waals surface area (Å²) in [6.45, 7) is 3.32. The van der Waals surface area contributed by atoms with Crippen LogP contribution in [0.25, 0.3) is 5.65 Å². The second-order valence-corrected chi connectivity index (χ2v) is 5.69. The molecule has 0 saturated carbocycles. The predicted molar refractivity (Wildman–Crippen MR) is 77.8 cm³/mol. The summed E-state index contributed by atoms with van der Waals surface area (Å²) in [5.41, 5.74) is 1.64. The van der Waals surface area contributed by atoms with Gasteiger partial charge < -0.3 is 14.4 Å². The normalized spacial score (nSPS) is 13.4. The highest BCUT2D eigenvalue weighted by Gasteiger charge is 2.09. The Balaban J connectivity index is 2.11. The van der Waals surface area contributed by atoms with Gasteiger partial charge in [-0.25, -0.2) is 4.98 Å². The summed E-state index contributed by atoms with van der Waals surface area (Å²) in [6.07, 6.45) is 4.18. The van der Waals surface area contributed by atoms with Crippen LogP contribution < -0.4 is 0 Å². The van der Waals surface area contributed by atoms with Crippen LogP contribution in [-0.2, 0) is 6.54 Å². The lowest BCUT2D eigenvalue weighted by atomic mass is 10.3.